The van der Waals surface area contributed by atoms with E-state index in [2.05, 4.69) is 0 Å². The van der Waals surface area contributed by atoms with Crippen LogP contribution in [0, 0.1) is 6.92 Å². The first-order valence-electron chi connectivity index (χ1n) is 6.15. The highest BCUT2D eigenvalue weighted by molar-refractivity contribution is 5.66. The Morgan fingerprint density at radius 3 is 2.21 bits per heavy atom. The first-order valence-corrected chi connectivity index (χ1v) is 6.15. The number of hydrogen-bond acceptors (Lipinski definition) is 4. The summed E-state index contributed by atoms with van der Waals surface area (Å²) in [4.78, 5) is 10.4. The highest BCUT2D eigenvalue weighted by atomic mass is 16.5. The van der Waals surface area contributed by atoms with Gasteiger partial charge in [-0.05, 0) is 37.5 Å². The molecule has 0 spiro atoms. The van der Waals surface area contributed by atoms with Crippen molar-refractivity contribution in [3.63, 3.8) is 0 Å². The van der Waals surface area contributed by atoms with Crippen LogP contribution in [0.1, 0.15) is 24.8 Å². The molecule has 0 heterocycles. The number of hydrogen-bond donors (Lipinski definition) is 1. The third-order valence-electron chi connectivity index (χ3n) is 2.64. The van der Waals surface area contributed by atoms with Crippen LogP contribution in [0.5, 0.6) is 17.2 Å². The number of methoxy groups -OCH3 is 2. The highest BCUT2D eigenvalue weighted by Gasteiger charge is 2.12. The predicted octanol–water partition coefficient (Wildman–Crippen LogP) is 2.65. The van der Waals surface area contributed by atoms with Crippen molar-refractivity contribution in [1.82, 2.24) is 0 Å². The molecular formula is C14H20O5. The van der Waals surface area contributed by atoms with Gasteiger partial charge in [0.25, 0.3) is 0 Å². The Labute approximate surface area is 113 Å². The number of benzene rings is 1. The average molecular weight is 268 g/mol. The highest BCUT2D eigenvalue weighted by Crippen LogP contribution is 2.38. The molecule has 0 aliphatic heterocycles. The smallest absolute Gasteiger partial charge is 0.303 e. The summed E-state index contributed by atoms with van der Waals surface area (Å²) >= 11 is 0. The summed E-state index contributed by atoms with van der Waals surface area (Å²) in [6.07, 6.45) is 1.42. The van der Waals surface area contributed by atoms with Crippen molar-refractivity contribution in [1.29, 1.82) is 0 Å². The Kier molecular flexibility index (Phi) is 5.99. The van der Waals surface area contributed by atoms with E-state index in [9.17, 15) is 4.79 Å². The van der Waals surface area contributed by atoms with Gasteiger partial charge < -0.3 is 19.3 Å². The fraction of sp³-hybridized carbons (Fsp3) is 0.500. The molecule has 0 aromatic heterocycles. The molecule has 5 nitrogen and oxygen atoms in total. The van der Waals surface area contributed by atoms with Gasteiger partial charge in [0, 0.05) is 6.42 Å². The molecule has 0 bridgehead atoms. The topological polar surface area (TPSA) is 65.0 Å². The lowest BCUT2D eigenvalue weighted by atomic mass is 10.2. The number of aryl methyl sites for hydroxylation is 1. The zero-order valence-electron chi connectivity index (χ0n) is 11.6. The van der Waals surface area contributed by atoms with Crippen LogP contribution in [0.2, 0.25) is 0 Å². The van der Waals surface area contributed by atoms with Crippen molar-refractivity contribution in [2.75, 3.05) is 20.8 Å². The van der Waals surface area contributed by atoms with E-state index in [0.29, 0.717) is 36.7 Å². The zero-order valence-corrected chi connectivity index (χ0v) is 11.6. The van der Waals surface area contributed by atoms with Crippen molar-refractivity contribution in [3.05, 3.63) is 17.7 Å². The molecule has 0 radical (unpaired) electrons. The maximum atomic E-state index is 10.4. The summed E-state index contributed by atoms with van der Waals surface area (Å²) in [5.41, 5.74) is 1.02. The van der Waals surface area contributed by atoms with Gasteiger partial charge in [-0.15, -0.1) is 0 Å². The lowest BCUT2D eigenvalue weighted by Gasteiger charge is -2.15. The summed E-state index contributed by atoms with van der Waals surface area (Å²) in [6.45, 7) is 2.38. The van der Waals surface area contributed by atoms with E-state index in [1.165, 1.54) is 0 Å². The molecule has 0 aliphatic rings. The molecule has 0 fully saturated rings. The van der Waals surface area contributed by atoms with Gasteiger partial charge in [0.2, 0.25) is 5.75 Å². The Morgan fingerprint density at radius 2 is 1.74 bits per heavy atom. The fourth-order valence-electron chi connectivity index (χ4n) is 1.71. The average Bonchev–Trinajstić information content (AvgIpc) is 2.38. The molecule has 0 atom stereocenters. The molecule has 0 saturated carbocycles. The van der Waals surface area contributed by atoms with Crippen molar-refractivity contribution in [2.24, 2.45) is 0 Å². The predicted molar refractivity (Wildman–Crippen MR) is 71.3 cm³/mol. The monoisotopic (exact) mass is 268 g/mol. The van der Waals surface area contributed by atoms with Crippen molar-refractivity contribution in [2.45, 2.75) is 26.2 Å². The van der Waals surface area contributed by atoms with Crippen LogP contribution in [0.3, 0.4) is 0 Å². The van der Waals surface area contributed by atoms with E-state index in [-0.39, 0.29) is 6.42 Å². The SMILES string of the molecule is COc1cc(C)cc(OC)c1OCCCCC(=O)O. The van der Waals surface area contributed by atoms with Gasteiger partial charge in [0.15, 0.2) is 11.5 Å². The molecule has 19 heavy (non-hydrogen) atoms. The van der Waals surface area contributed by atoms with Gasteiger partial charge in [0.05, 0.1) is 20.8 Å². The van der Waals surface area contributed by atoms with Gasteiger partial charge in [-0.25, -0.2) is 0 Å². The quantitative estimate of drug-likeness (QED) is 0.734. The summed E-state index contributed by atoms with van der Waals surface area (Å²) < 4.78 is 16.2. The largest absolute Gasteiger partial charge is 0.493 e. The number of aliphatic carboxylic acids is 1. The van der Waals surface area contributed by atoms with Crippen molar-refractivity contribution in [3.8, 4) is 17.2 Å². The molecule has 1 aromatic carbocycles. The Balaban J connectivity index is 2.63. The van der Waals surface area contributed by atoms with E-state index >= 15 is 0 Å². The van der Waals surface area contributed by atoms with Crippen LogP contribution in [0.25, 0.3) is 0 Å². The van der Waals surface area contributed by atoms with Gasteiger partial charge in [-0.1, -0.05) is 0 Å². The summed E-state index contributed by atoms with van der Waals surface area (Å²) in [6, 6.07) is 3.74. The Morgan fingerprint density at radius 1 is 1.16 bits per heavy atom. The maximum absolute atomic E-state index is 10.4. The third-order valence-corrected chi connectivity index (χ3v) is 2.64. The number of rotatable bonds is 8. The molecule has 1 N–H and O–H groups in total. The van der Waals surface area contributed by atoms with Gasteiger partial charge in [0.1, 0.15) is 0 Å². The molecular weight excluding hydrogens is 248 g/mol. The molecule has 1 rings (SSSR count). The molecule has 106 valence electrons. The standard InChI is InChI=1S/C14H20O5/c1-10-8-11(17-2)14(12(9-10)18-3)19-7-5-4-6-13(15)16/h8-9H,4-7H2,1-3H3,(H,15,16). The Hall–Kier alpha value is -1.91. The minimum absolute atomic E-state index is 0.158. The van der Waals surface area contributed by atoms with Crippen LogP contribution in [0.4, 0.5) is 0 Å². The molecule has 0 saturated heterocycles. The molecule has 5 heteroatoms. The molecule has 0 unspecified atom stereocenters. The second-order valence-corrected chi connectivity index (χ2v) is 4.20. The molecule has 1 aromatic rings. The first kappa shape index (κ1) is 15.1. The number of ether oxygens (including phenoxy) is 3. The summed E-state index contributed by atoms with van der Waals surface area (Å²) in [5.74, 6) is 1.02. The summed E-state index contributed by atoms with van der Waals surface area (Å²) in [5, 5.41) is 8.54. The number of carbonyl (C=O) groups is 1. The van der Waals surface area contributed by atoms with E-state index in [4.69, 9.17) is 19.3 Å². The van der Waals surface area contributed by atoms with Crippen LogP contribution in [-0.2, 0) is 4.79 Å². The molecule has 0 aliphatic carbocycles. The van der Waals surface area contributed by atoms with Crippen molar-refractivity contribution < 1.29 is 24.1 Å². The summed E-state index contributed by atoms with van der Waals surface area (Å²) in [7, 11) is 3.15. The van der Waals surface area contributed by atoms with Crippen molar-refractivity contribution >= 4 is 5.97 Å². The van der Waals surface area contributed by atoms with Crippen LogP contribution in [-0.4, -0.2) is 31.9 Å². The molecule has 0 amide bonds. The maximum Gasteiger partial charge on any atom is 0.303 e. The zero-order chi connectivity index (χ0) is 14.3. The van der Waals surface area contributed by atoms with Gasteiger partial charge >= 0.3 is 5.97 Å². The minimum atomic E-state index is -0.787. The van der Waals surface area contributed by atoms with Gasteiger partial charge in [-0.2, -0.15) is 0 Å². The van der Waals surface area contributed by atoms with E-state index < -0.39 is 5.97 Å². The van der Waals surface area contributed by atoms with Crippen LogP contribution >= 0.6 is 0 Å². The van der Waals surface area contributed by atoms with E-state index in [1.54, 1.807) is 14.2 Å². The normalized spacial score (nSPS) is 10.1. The van der Waals surface area contributed by atoms with E-state index in [0.717, 1.165) is 5.56 Å². The number of unbranched alkanes of at least 4 members (excludes halogenated alkanes) is 1. The van der Waals surface area contributed by atoms with E-state index in [1.807, 2.05) is 19.1 Å². The third kappa shape index (κ3) is 4.69. The Bertz CT molecular complexity index is 403. The number of carboxylic acid groups (broad SMARTS) is 1. The second kappa shape index (κ2) is 7.51. The second-order valence-electron chi connectivity index (χ2n) is 4.20. The van der Waals surface area contributed by atoms with Crippen LogP contribution < -0.4 is 14.2 Å². The van der Waals surface area contributed by atoms with Crippen LogP contribution in [0.15, 0.2) is 12.1 Å². The fourth-order valence-corrected chi connectivity index (χ4v) is 1.71. The lowest BCUT2D eigenvalue weighted by Crippen LogP contribution is -2.03. The minimum Gasteiger partial charge on any atom is -0.493 e. The van der Waals surface area contributed by atoms with Gasteiger partial charge in [-0.3, -0.25) is 4.79 Å². The lowest BCUT2D eigenvalue weighted by molar-refractivity contribution is -0.137. The first-order chi connectivity index (χ1) is 9.08. The number of carboxylic acids is 1.